The van der Waals surface area contributed by atoms with Crippen LogP contribution in [0, 0.1) is 0 Å². The number of anilines is 1. The molecule has 0 unspecified atom stereocenters. The molecule has 160 valence electrons. The average Bonchev–Trinajstić information content (AvgIpc) is 3.39. The van der Waals surface area contributed by atoms with Gasteiger partial charge < -0.3 is 0 Å². The van der Waals surface area contributed by atoms with Crippen molar-refractivity contribution in [2.45, 2.75) is 4.90 Å². The first kappa shape index (κ1) is 19.9. The van der Waals surface area contributed by atoms with Crippen LogP contribution < -0.4 is 4.72 Å². The molecule has 0 bridgehead atoms. The van der Waals surface area contributed by atoms with Gasteiger partial charge in [-0.3, -0.25) is 19.1 Å². The van der Waals surface area contributed by atoms with Gasteiger partial charge in [0.25, 0.3) is 10.0 Å². The Morgan fingerprint density at radius 3 is 2.44 bits per heavy atom. The molecule has 0 aliphatic carbocycles. The van der Waals surface area contributed by atoms with Crippen molar-refractivity contribution < 1.29 is 8.42 Å². The average molecular weight is 446 g/mol. The number of rotatable bonds is 5. The molecule has 0 atom stereocenters. The van der Waals surface area contributed by atoms with Gasteiger partial charge in [0.2, 0.25) is 0 Å². The highest BCUT2D eigenvalue weighted by molar-refractivity contribution is 7.92. The van der Waals surface area contributed by atoms with E-state index < -0.39 is 10.0 Å². The first-order chi connectivity index (χ1) is 15.4. The summed E-state index contributed by atoms with van der Waals surface area (Å²) < 4.78 is 31.6. The van der Waals surface area contributed by atoms with E-state index in [0.717, 1.165) is 16.6 Å². The molecule has 0 amide bonds. The van der Waals surface area contributed by atoms with Crippen LogP contribution in [-0.2, 0) is 24.1 Å². The van der Waals surface area contributed by atoms with Gasteiger partial charge in [-0.25, -0.2) is 13.4 Å². The molecule has 3 heterocycles. The minimum atomic E-state index is -3.77. The number of aryl methyl sites for hydroxylation is 2. The molecule has 2 aromatic carbocycles. The zero-order valence-electron chi connectivity index (χ0n) is 17.3. The molecule has 0 aliphatic rings. The molecule has 0 saturated carbocycles. The van der Waals surface area contributed by atoms with Crippen LogP contribution in [0.25, 0.3) is 33.4 Å². The molecule has 1 N–H and O–H groups in total. The highest BCUT2D eigenvalue weighted by Gasteiger charge is 2.20. The lowest BCUT2D eigenvalue weighted by atomic mass is 10.1. The van der Waals surface area contributed by atoms with Gasteiger partial charge >= 0.3 is 0 Å². The van der Waals surface area contributed by atoms with Crippen molar-refractivity contribution in [2.24, 2.45) is 14.1 Å². The Hall–Kier alpha value is -4.05. The lowest BCUT2D eigenvalue weighted by Gasteiger charge is -2.11. The summed E-state index contributed by atoms with van der Waals surface area (Å²) in [6.07, 6.45) is 6.94. The van der Waals surface area contributed by atoms with E-state index in [1.54, 1.807) is 60.7 Å². The Morgan fingerprint density at radius 1 is 0.875 bits per heavy atom. The predicted octanol–water partition coefficient (Wildman–Crippen LogP) is 3.23. The van der Waals surface area contributed by atoms with Crippen molar-refractivity contribution in [3.05, 3.63) is 73.3 Å². The molecular weight excluding hydrogens is 426 g/mol. The van der Waals surface area contributed by atoms with Crippen LogP contribution in [0.1, 0.15) is 0 Å². The smallest absolute Gasteiger partial charge is 0.263 e. The number of fused-ring (bicyclic) bond motifs is 1. The molecule has 0 spiro atoms. The maximum Gasteiger partial charge on any atom is 0.263 e. The van der Waals surface area contributed by atoms with Gasteiger partial charge in [-0.2, -0.15) is 10.2 Å². The molecule has 3 aromatic heterocycles. The Labute approximate surface area is 184 Å². The van der Waals surface area contributed by atoms with Crippen molar-refractivity contribution in [3.63, 3.8) is 0 Å². The SMILES string of the molecule is Cn1cc(-c2cnc3ccc(-c4cnn(C)c4NS(=O)(=O)c4ccccc4)cc3n2)cn1. The van der Waals surface area contributed by atoms with E-state index in [4.69, 9.17) is 4.98 Å². The zero-order valence-corrected chi connectivity index (χ0v) is 18.2. The summed E-state index contributed by atoms with van der Waals surface area (Å²) in [6, 6.07) is 13.8. The summed E-state index contributed by atoms with van der Waals surface area (Å²) in [5.41, 5.74) is 4.40. The Morgan fingerprint density at radius 2 is 1.69 bits per heavy atom. The lowest BCUT2D eigenvalue weighted by Crippen LogP contribution is -2.15. The summed E-state index contributed by atoms with van der Waals surface area (Å²) in [6.45, 7) is 0. The van der Waals surface area contributed by atoms with Crippen LogP contribution in [-0.4, -0.2) is 37.9 Å². The van der Waals surface area contributed by atoms with Crippen LogP contribution in [0.5, 0.6) is 0 Å². The van der Waals surface area contributed by atoms with Gasteiger partial charge in [0.15, 0.2) is 0 Å². The number of hydrogen-bond acceptors (Lipinski definition) is 6. The van der Waals surface area contributed by atoms with Gasteiger partial charge in [0.05, 0.1) is 40.2 Å². The first-order valence-electron chi connectivity index (χ1n) is 9.77. The number of nitrogens with zero attached hydrogens (tertiary/aromatic N) is 6. The third-order valence-corrected chi connectivity index (χ3v) is 6.43. The number of benzene rings is 2. The van der Waals surface area contributed by atoms with Gasteiger partial charge in [0, 0.05) is 31.4 Å². The second-order valence-corrected chi connectivity index (χ2v) is 8.99. The fourth-order valence-electron chi connectivity index (χ4n) is 3.43. The molecule has 5 aromatic rings. The highest BCUT2D eigenvalue weighted by atomic mass is 32.2. The van der Waals surface area contributed by atoms with Gasteiger partial charge in [0.1, 0.15) is 5.82 Å². The standard InChI is InChI=1S/C22H19N7O2S/c1-28-14-16(11-24-28)21-13-23-19-9-8-15(10-20(19)26-21)18-12-25-29(2)22(18)27-32(30,31)17-6-4-3-5-7-17/h3-14,27H,1-2H3. The van der Waals surface area contributed by atoms with E-state index in [9.17, 15) is 8.42 Å². The van der Waals surface area contributed by atoms with E-state index in [0.29, 0.717) is 22.6 Å². The van der Waals surface area contributed by atoms with E-state index in [2.05, 4.69) is 19.9 Å². The summed E-state index contributed by atoms with van der Waals surface area (Å²) in [7, 11) is -0.235. The summed E-state index contributed by atoms with van der Waals surface area (Å²) in [5, 5.41) is 8.45. The van der Waals surface area contributed by atoms with Crippen molar-refractivity contribution in [1.29, 1.82) is 0 Å². The fraction of sp³-hybridized carbons (Fsp3) is 0.0909. The lowest BCUT2D eigenvalue weighted by molar-refractivity contribution is 0.600. The molecule has 0 saturated heterocycles. The fourth-order valence-corrected chi connectivity index (χ4v) is 4.56. The molecular formula is C22H19N7O2S. The highest BCUT2D eigenvalue weighted by Crippen LogP contribution is 2.31. The van der Waals surface area contributed by atoms with Gasteiger partial charge in [-0.1, -0.05) is 24.3 Å². The molecule has 9 nitrogen and oxygen atoms in total. The normalized spacial score (nSPS) is 11.7. The third-order valence-electron chi connectivity index (χ3n) is 5.08. The number of nitrogens with one attached hydrogen (secondary N) is 1. The van der Waals surface area contributed by atoms with Crippen molar-refractivity contribution >= 4 is 26.9 Å². The third kappa shape index (κ3) is 3.60. The van der Waals surface area contributed by atoms with Crippen molar-refractivity contribution in [2.75, 3.05) is 4.72 Å². The number of aromatic nitrogens is 6. The molecule has 0 radical (unpaired) electrons. The maximum absolute atomic E-state index is 12.9. The molecule has 32 heavy (non-hydrogen) atoms. The van der Waals surface area contributed by atoms with E-state index in [1.165, 1.54) is 4.68 Å². The minimum Gasteiger partial charge on any atom is -0.275 e. The Kier molecular flexibility index (Phi) is 4.71. The second-order valence-electron chi connectivity index (χ2n) is 7.31. The van der Waals surface area contributed by atoms with E-state index >= 15 is 0 Å². The van der Waals surface area contributed by atoms with Crippen molar-refractivity contribution in [1.82, 2.24) is 29.5 Å². The van der Waals surface area contributed by atoms with Gasteiger partial charge in [-0.05, 0) is 29.8 Å². The molecule has 10 heteroatoms. The van der Waals surface area contributed by atoms with Crippen LogP contribution in [0.3, 0.4) is 0 Å². The minimum absolute atomic E-state index is 0.178. The Balaban J connectivity index is 1.56. The van der Waals surface area contributed by atoms with E-state index in [-0.39, 0.29) is 4.90 Å². The van der Waals surface area contributed by atoms with Crippen molar-refractivity contribution in [3.8, 4) is 22.4 Å². The quantitative estimate of drug-likeness (QED) is 0.445. The summed E-state index contributed by atoms with van der Waals surface area (Å²) in [4.78, 5) is 9.40. The van der Waals surface area contributed by atoms with Crippen LogP contribution in [0.2, 0.25) is 0 Å². The first-order valence-corrected chi connectivity index (χ1v) is 11.2. The topological polar surface area (TPSA) is 108 Å². The van der Waals surface area contributed by atoms with E-state index in [1.807, 2.05) is 31.4 Å². The van der Waals surface area contributed by atoms with Crippen LogP contribution in [0.15, 0.2) is 78.2 Å². The number of sulfonamides is 1. The Bertz CT molecular complexity index is 1540. The summed E-state index contributed by atoms with van der Waals surface area (Å²) >= 11 is 0. The largest absolute Gasteiger partial charge is 0.275 e. The van der Waals surface area contributed by atoms with Gasteiger partial charge in [-0.15, -0.1) is 0 Å². The number of hydrogen-bond donors (Lipinski definition) is 1. The zero-order chi connectivity index (χ0) is 22.3. The molecule has 0 aliphatic heterocycles. The monoisotopic (exact) mass is 445 g/mol. The maximum atomic E-state index is 12.9. The predicted molar refractivity (Wildman–Crippen MR) is 121 cm³/mol. The second kappa shape index (κ2) is 7.57. The van der Waals surface area contributed by atoms with Crippen LogP contribution in [0.4, 0.5) is 5.82 Å². The molecule has 5 rings (SSSR count). The summed E-state index contributed by atoms with van der Waals surface area (Å²) in [5.74, 6) is 0.365. The molecule has 0 fully saturated rings. The van der Waals surface area contributed by atoms with Crippen LogP contribution >= 0.6 is 0 Å².